The minimum atomic E-state index is -0.422. The summed E-state index contributed by atoms with van der Waals surface area (Å²) in [7, 11) is 0. The van der Waals surface area contributed by atoms with Gasteiger partial charge < -0.3 is 9.88 Å². The molecule has 1 aromatic rings. The highest BCUT2D eigenvalue weighted by atomic mass is 16.1. The Balaban J connectivity index is 2.20. The van der Waals surface area contributed by atoms with Crippen molar-refractivity contribution in [3.63, 3.8) is 0 Å². The third kappa shape index (κ3) is 2.41. The van der Waals surface area contributed by atoms with Gasteiger partial charge in [0.15, 0.2) is 5.82 Å². The van der Waals surface area contributed by atoms with E-state index in [0.29, 0.717) is 5.82 Å². The molecule has 17 heavy (non-hydrogen) atoms. The van der Waals surface area contributed by atoms with Gasteiger partial charge in [-0.3, -0.25) is 4.79 Å². The van der Waals surface area contributed by atoms with E-state index in [2.05, 4.69) is 17.2 Å². The summed E-state index contributed by atoms with van der Waals surface area (Å²) >= 11 is 0. The standard InChI is InChI=1S/C13H21N3O/c1-3-9-16-10-8-14-12(16)11(17)13(2)6-4-5-7-15-13/h8,10,15H,3-7,9H2,1-2H3. The fourth-order valence-electron chi connectivity index (χ4n) is 2.44. The number of Topliss-reactive ketones (excluding diaryl/α,β-unsaturated/α-hetero) is 1. The van der Waals surface area contributed by atoms with Gasteiger partial charge in [0.2, 0.25) is 5.78 Å². The predicted octanol–water partition coefficient (Wildman–Crippen LogP) is 2.01. The number of ketones is 1. The molecule has 0 radical (unpaired) electrons. The van der Waals surface area contributed by atoms with Crippen molar-refractivity contribution in [2.75, 3.05) is 6.54 Å². The SMILES string of the molecule is CCCn1ccnc1C(=O)C1(C)CCCCN1. The van der Waals surface area contributed by atoms with E-state index >= 15 is 0 Å². The van der Waals surface area contributed by atoms with Crippen LogP contribution in [0, 0.1) is 0 Å². The third-order valence-electron chi connectivity index (χ3n) is 3.50. The first-order valence-corrected chi connectivity index (χ1v) is 6.48. The Morgan fingerprint density at radius 1 is 1.59 bits per heavy atom. The summed E-state index contributed by atoms with van der Waals surface area (Å²) in [5.74, 6) is 0.736. The van der Waals surface area contributed by atoms with Crippen LogP contribution in [-0.2, 0) is 6.54 Å². The second-order valence-corrected chi connectivity index (χ2v) is 4.99. The van der Waals surface area contributed by atoms with Crippen molar-refractivity contribution >= 4 is 5.78 Å². The van der Waals surface area contributed by atoms with Crippen LogP contribution >= 0.6 is 0 Å². The van der Waals surface area contributed by atoms with Gasteiger partial charge in [-0.1, -0.05) is 6.92 Å². The lowest BCUT2D eigenvalue weighted by Gasteiger charge is -2.33. The molecule has 0 bridgehead atoms. The van der Waals surface area contributed by atoms with Gasteiger partial charge in [-0.05, 0) is 39.2 Å². The Hall–Kier alpha value is -1.16. The number of hydrogen-bond donors (Lipinski definition) is 1. The van der Waals surface area contributed by atoms with Crippen LogP contribution in [0.25, 0.3) is 0 Å². The Labute approximate surface area is 102 Å². The number of imidazole rings is 1. The lowest BCUT2D eigenvalue weighted by atomic mass is 9.86. The van der Waals surface area contributed by atoms with Gasteiger partial charge >= 0.3 is 0 Å². The topological polar surface area (TPSA) is 46.9 Å². The first kappa shape index (κ1) is 12.3. The van der Waals surface area contributed by atoms with Gasteiger partial charge in [-0.25, -0.2) is 4.98 Å². The summed E-state index contributed by atoms with van der Waals surface area (Å²) in [6.07, 6.45) is 7.81. The number of rotatable bonds is 4. The minimum absolute atomic E-state index is 0.135. The molecular formula is C13H21N3O. The number of nitrogens with zero attached hydrogens (tertiary/aromatic N) is 2. The van der Waals surface area contributed by atoms with E-state index in [-0.39, 0.29) is 5.78 Å². The Morgan fingerprint density at radius 2 is 2.41 bits per heavy atom. The molecule has 1 fully saturated rings. The molecule has 0 aromatic carbocycles. The minimum Gasteiger partial charge on any atom is -0.328 e. The maximum absolute atomic E-state index is 12.5. The molecule has 1 aliphatic heterocycles. The highest BCUT2D eigenvalue weighted by molar-refractivity contribution is 6.00. The van der Waals surface area contributed by atoms with E-state index < -0.39 is 5.54 Å². The van der Waals surface area contributed by atoms with Crippen molar-refractivity contribution < 1.29 is 4.79 Å². The van der Waals surface area contributed by atoms with E-state index in [1.807, 2.05) is 17.7 Å². The molecular weight excluding hydrogens is 214 g/mol. The van der Waals surface area contributed by atoms with Crippen molar-refractivity contribution in [2.45, 2.75) is 51.6 Å². The van der Waals surface area contributed by atoms with Crippen LogP contribution in [-0.4, -0.2) is 27.4 Å². The molecule has 4 heteroatoms. The smallest absolute Gasteiger partial charge is 0.217 e. The van der Waals surface area contributed by atoms with Crippen molar-refractivity contribution in [3.8, 4) is 0 Å². The van der Waals surface area contributed by atoms with Crippen LogP contribution in [0.5, 0.6) is 0 Å². The van der Waals surface area contributed by atoms with E-state index in [9.17, 15) is 4.79 Å². The van der Waals surface area contributed by atoms with Gasteiger partial charge in [0.05, 0.1) is 5.54 Å². The molecule has 1 saturated heterocycles. The zero-order valence-electron chi connectivity index (χ0n) is 10.7. The van der Waals surface area contributed by atoms with E-state index in [4.69, 9.17) is 0 Å². The molecule has 1 N–H and O–H groups in total. The number of carbonyl (C=O) groups excluding carboxylic acids is 1. The zero-order valence-corrected chi connectivity index (χ0v) is 10.7. The second kappa shape index (κ2) is 5.00. The molecule has 0 amide bonds. The van der Waals surface area contributed by atoms with Crippen molar-refractivity contribution in [1.82, 2.24) is 14.9 Å². The highest BCUT2D eigenvalue weighted by Gasteiger charge is 2.36. The van der Waals surface area contributed by atoms with Gasteiger partial charge in [0.25, 0.3) is 0 Å². The van der Waals surface area contributed by atoms with Crippen LogP contribution in [0.3, 0.4) is 0 Å². The first-order chi connectivity index (χ1) is 8.17. The number of piperidine rings is 1. The summed E-state index contributed by atoms with van der Waals surface area (Å²) in [4.78, 5) is 16.8. The van der Waals surface area contributed by atoms with Crippen LogP contribution in [0.15, 0.2) is 12.4 Å². The van der Waals surface area contributed by atoms with Crippen molar-refractivity contribution in [2.24, 2.45) is 0 Å². The average Bonchev–Trinajstić information content (AvgIpc) is 2.78. The molecule has 1 aromatic heterocycles. The molecule has 94 valence electrons. The Kier molecular flexibility index (Phi) is 3.62. The molecule has 1 unspecified atom stereocenters. The van der Waals surface area contributed by atoms with Crippen molar-refractivity contribution in [3.05, 3.63) is 18.2 Å². The summed E-state index contributed by atoms with van der Waals surface area (Å²) in [5, 5.41) is 3.35. The molecule has 0 aliphatic carbocycles. The van der Waals surface area contributed by atoms with Crippen LogP contribution in [0.4, 0.5) is 0 Å². The number of aromatic nitrogens is 2. The molecule has 2 heterocycles. The van der Waals surface area contributed by atoms with E-state index in [1.54, 1.807) is 6.20 Å². The normalized spacial score (nSPS) is 24.8. The maximum atomic E-state index is 12.5. The van der Waals surface area contributed by atoms with Crippen LogP contribution in [0.2, 0.25) is 0 Å². The summed E-state index contributed by atoms with van der Waals surface area (Å²) in [5.41, 5.74) is -0.422. The number of carbonyl (C=O) groups is 1. The molecule has 0 saturated carbocycles. The van der Waals surface area contributed by atoms with E-state index in [1.165, 1.54) is 0 Å². The molecule has 0 spiro atoms. The first-order valence-electron chi connectivity index (χ1n) is 6.48. The summed E-state index contributed by atoms with van der Waals surface area (Å²) in [6, 6.07) is 0. The predicted molar refractivity (Wildman–Crippen MR) is 67.1 cm³/mol. The zero-order chi connectivity index (χ0) is 12.3. The molecule has 1 aliphatic rings. The largest absolute Gasteiger partial charge is 0.328 e. The lowest BCUT2D eigenvalue weighted by Crippen LogP contribution is -2.52. The number of aryl methyl sites for hydroxylation is 1. The van der Waals surface area contributed by atoms with Crippen LogP contribution in [0.1, 0.15) is 50.1 Å². The highest BCUT2D eigenvalue weighted by Crippen LogP contribution is 2.22. The quantitative estimate of drug-likeness (QED) is 0.812. The summed E-state index contributed by atoms with van der Waals surface area (Å²) in [6.45, 7) is 5.89. The maximum Gasteiger partial charge on any atom is 0.217 e. The van der Waals surface area contributed by atoms with Gasteiger partial charge in [-0.15, -0.1) is 0 Å². The third-order valence-corrected chi connectivity index (χ3v) is 3.50. The van der Waals surface area contributed by atoms with Crippen LogP contribution < -0.4 is 5.32 Å². The van der Waals surface area contributed by atoms with Gasteiger partial charge in [0, 0.05) is 18.9 Å². The lowest BCUT2D eigenvalue weighted by molar-refractivity contribution is 0.0818. The molecule has 1 atom stereocenters. The number of nitrogens with one attached hydrogen (secondary N) is 1. The van der Waals surface area contributed by atoms with E-state index in [0.717, 1.165) is 38.8 Å². The fraction of sp³-hybridized carbons (Fsp3) is 0.692. The molecule has 4 nitrogen and oxygen atoms in total. The Bertz CT molecular complexity index is 391. The average molecular weight is 235 g/mol. The molecule has 2 rings (SSSR count). The fourth-order valence-corrected chi connectivity index (χ4v) is 2.44. The Morgan fingerprint density at radius 3 is 3.06 bits per heavy atom. The van der Waals surface area contributed by atoms with Crippen molar-refractivity contribution in [1.29, 1.82) is 0 Å². The second-order valence-electron chi connectivity index (χ2n) is 4.99. The van der Waals surface area contributed by atoms with Gasteiger partial charge in [-0.2, -0.15) is 0 Å². The summed E-state index contributed by atoms with van der Waals surface area (Å²) < 4.78 is 1.96. The van der Waals surface area contributed by atoms with Gasteiger partial charge in [0.1, 0.15) is 0 Å². The number of hydrogen-bond acceptors (Lipinski definition) is 3. The monoisotopic (exact) mass is 235 g/mol.